The van der Waals surface area contributed by atoms with Gasteiger partial charge in [-0.2, -0.15) is 0 Å². The standard InChI is InChI=1S/C3H9NO3S/c1-2-3-7-4-8(5)6/h4H,2-3H2,1H3,(H,5,6)/p-1. The Morgan fingerprint density at radius 1 is 1.88 bits per heavy atom. The van der Waals surface area contributed by atoms with Crippen molar-refractivity contribution < 1.29 is 13.6 Å². The van der Waals surface area contributed by atoms with E-state index < -0.39 is 11.3 Å². The van der Waals surface area contributed by atoms with Gasteiger partial charge in [0.15, 0.2) is 0 Å². The highest BCUT2D eigenvalue weighted by molar-refractivity contribution is 7.76. The van der Waals surface area contributed by atoms with Crippen molar-refractivity contribution >= 4 is 11.3 Å². The average Bonchev–Trinajstić information content (AvgIpc) is 1.66. The molecule has 5 heteroatoms. The molecule has 8 heavy (non-hydrogen) atoms. The van der Waals surface area contributed by atoms with Crippen LogP contribution in [0.5, 0.6) is 0 Å². The molecule has 1 unspecified atom stereocenters. The smallest absolute Gasteiger partial charge is 0.0691 e. The molecule has 0 saturated carbocycles. The molecule has 0 aliphatic carbocycles. The Bertz CT molecular complexity index is 76.9. The summed E-state index contributed by atoms with van der Waals surface area (Å²) in [6.45, 7) is 2.30. The Balaban J connectivity index is 2.82. The Morgan fingerprint density at radius 3 is 2.88 bits per heavy atom. The predicted octanol–water partition coefficient (Wildman–Crippen LogP) is -0.288. The van der Waals surface area contributed by atoms with E-state index in [1.54, 1.807) is 4.89 Å². The molecule has 50 valence electrons. The monoisotopic (exact) mass is 138 g/mol. The second-order valence-corrected chi connectivity index (χ2v) is 1.80. The normalized spacial score (nSPS) is 13.8. The molecule has 4 nitrogen and oxygen atoms in total. The average molecular weight is 138 g/mol. The van der Waals surface area contributed by atoms with Gasteiger partial charge in [-0.3, -0.25) is 9.05 Å². The van der Waals surface area contributed by atoms with Crippen LogP contribution in [0.1, 0.15) is 13.3 Å². The van der Waals surface area contributed by atoms with Gasteiger partial charge in [0.1, 0.15) is 0 Å². The molecule has 0 aliphatic heterocycles. The second-order valence-electron chi connectivity index (χ2n) is 1.17. The Morgan fingerprint density at radius 2 is 2.50 bits per heavy atom. The molecular formula is C3H8NO3S-. The zero-order chi connectivity index (χ0) is 6.41. The summed E-state index contributed by atoms with van der Waals surface area (Å²) in [7, 11) is 0. The molecule has 0 aromatic rings. The minimum Gasteiger partial charge on any atom is -0.758 e. The van der Waals surface area contributed by atoms with Crippen LogP contribution in [0.25, 0.3) is 0 Å². The maximum Gasteiger partial charge on any atom is 0.0691 e. The number of hydrogen-bond acceptors (Lipinski definition) is 3. The van der Waals surface area contributed by atoms with Gasteiger partial charge in [0.25, 0.3) is 0 Å². The molecule has 0 fully saturated rings. The van der Waals surface area contributed by atoms with E-state index in [4.69, 9.17) is 0 Å². The van der Waals surface area contributed by atoms with Crippen LogP contribution in [-0.4, -0.2) is 15.4 Å². The largest absolute Gasteiger partial charge is 0.758 e. The zero-order valence-electron chi connectivity index (χ0n) is 4.55. The quantitative estimate of drug-likeness (QED) is 0.330. The number of nitrogens with one attached hydrogen (secondary N) is 1. The fourth-order valence-electron chi connectivity index (χ4n) is 0.192. The molecule has 0 heterocycles. The third-order valence-electron chi connectivity index (χ3n) is 0.433. The van der Waals surface area contributed by atoms with Crippen molar-refractivity contribution in [2.45, 2.75) is 13.3 Å². The minimum atomic E-state index is -2.29. The van der Waals surface area contributed by atoms with Gasteiger partial charge >= 0.3 is 0 Å². The molecule has 1 N–H and O–H groups in total. The van der Waals surface area contributed by atoms with Gasteiger partial charge in [-0.25, -0.2) is 0 Å². The maximum absolute atomic E-state index is 9.64. The first kappa shape index (κ1) is 8.03. The van der Waals surface area contributed by atoms with E-state index in [2.05, 4.69) is 4.84 Å². The van der Waals surface area contributed by atoms with E-state index in [0.717, 1.165) is 6.42 Å². The molecule has 0 spiro atoms. The lowest BCUT2D eigenvalue weighted by Crippen LogP contribution is -2.17. The molecule has 0 saturated heterocycles. The Kier molecular flexibility index (Phi) is 5.19. The zero-order valence-corrected chi connectivity index (χ0v) is 5.36. The van der Waals surface area contributed by atoms with Gasteiger partial charge in [-0.05, 0) is 6.42 Å². The van der Waals surface area contributed by atoms with E-state index in [9.17, 15) is 8.76 Å². The van der Waals surface area contributed by atoms with Crippen LogP contribution < -0.4 is 4.89 Å². The summed E-state index contributed by atoms with van der Waals surface area (Å²) in [5.74, 6) is 0. The lowest BCUT2D eigenvalue weighted by atomic mass is 10.5. The summed E-state index contributed by atoms with van der Waals surface area (Å²) in [5, 5.41) is 0. The van der Waals surface area contributed by atoms with Crippen LogP contribution in [0.4, 0.5) is 0 Å². The lowest BCUT2D eigenvalue weighted by molar-refractivity contribution is 0.0921. The molecule has 0 radical (unpaired) electrons. The van der Waals surface area contributed by atoms with Crippen LogP contribution in [0.3, 0.4) is 0 Å². The molecule has 0 amide bonds. The summed E-state index contributed by atoms with van der Waals surface area (Å²) >= 11 is -2.29. The van der Waals surface area contributed by atoms with Crippen molar-refractivity contribution in [3.63, 3.8) is 0 Å². The molecule has 0 bridgehead atoms. The van der Waals surface area contributed by atoms with Gasteiger partial charge in [0.2, 0.25) is 0 Å². The highest BCUT2D eigenvalue weighted by atomic mass is 32.2. The van der Waals surface area contributed by atoms with Crippen molar-refractivity contribution in [2.24, 2.45) is 0 Å². The predicted molar refractivity (Wildman–Crippen MR) is 28.3 cm³/mol. The van der Waals surface area contributed by atoms with E-state index in [1.807, 2.05) is 6.92 Å². The van der Waals surface area contributed by atoms with Crippen LogP contribution >= 0.6 is 0 Å². The molecule has 0 aromatic carbocycles. The van der Waals surface area contributed by atoms with Gasteiger partial charge in [0, 0.05) is 11.3 Å². The first-order chi connectivity index (χ1) is 3.77. The number of hydrogen-bond donors (Lipinski definition) is 1. The van der Waals surface area contributed by atoms with Crippen molar-refractivity contribution in [2.75, 3.05) is 6.61 Å². The summed E-state index contributed by atoms with van der Waals surface area (Å²) in [6.07, 6.45) is 0.796. The Hall–Kier alpha value is 0.0300. The first-order valence-electron chi connectivity index (χ1n) is 2.24. The molecule has 0 rings (SSSR count). The molecule has 0 aliphatic rings. The first-order valence-corrected chi connectivity index (χ1v) is 3.31. The highest BCUT2D eigenvalue weighted by Crippen LogP contribution is 1.74. The van der Waals surface area contributed by atoms with Gasteiger partial charge in [0.05, 0.1) is 6.61 Å². The summed E-state index contributed by atoms with van der Waals surface area (Å²) in [5.41, 5.74) is 0. The lowest BCUT2D eigenvalue weighted by Gasteiger charge is -2.04. The van der Waals surface area contributed by atoms with E-state index in [-0.39, 0.29) is 0 Å². The number of rotatable bonds is 4. The van der Waals surface area contributed by atoms with Crippen LogP contribution in [0, 0.1) is 0 Å². The SMILES string of the molecule is CCCONS(=O)[O-]. The van der Waals surface area contributed by atoms with Crippen molar-refractivity contribution in [3.8, 4) is 0 Å². The van der Waals surface area contributed by atoms with Gasteiger partial charge in [-0.1, -0.05) is 6.92 Å². The third-order valence-corrected chi connectivity index (χ3v) is 0.687. The van der Waals surface area contributed by atoms with E-state index in [1.165, 1.54) is 0 Å². The van der Waals surface area contributed by atoms with Gasteiger partial charge in [-0.15, -0.1) is 4.89 Å². The second kappa shape index (κ2) is 5.17. The fourth-order valence-corrected chi connectivity index (χ4v) is 0.371. The molecule has 0 aromatic heterocycles. The molecular weight excluding hydrogens is 130 g/mol. The fraction of sp³-hybridized carbons (Fsp3) is 1.00. The van der Waals surface area contributed by atoms with Crippen LogP contribution in [0.15, 0.2) is 0 Å². The van der Waals surface area contributed by atoms with Crippen molar-refractivity contribution in [1.82, 2.24) is 4.89 Å². The Labute approximate surface area is 50.6 Å². The van der Waals surface area contributed by atoms with E-state index >= 15 is 0 Å². The minimum absolute atomic E-state index is 0.411. The summed E-state index contributed by atoms with van der Waals surface area (Å²) in [6, 6.07) is 0. The summed E-state index contributed by atoms with van der Waals surface area (Å²) in [4.78, 5) is 6.14. The van der Waals surface area contributed by atoms with Gasteiger partial charge < -0.3 is 4.55 Å². The maximum atomic E-state index is 9.64. The highest BCUT2D eigenvalue weighted by Gasteiger charge is 1.79. The summed E-state index contributed by atoms with van der Waals surface area (Å²) < 4.78 is 19.3. The van der Waals surface area contributed by atoms with Crippen molar-refractivity contribution in [3.05, 3.63) is 0 Å². The van der Waals surface area contributed by atoms with Crippen molar-refractivity contribution in [1.29, 1.82) is 0 Å². The van der Waals surface area contributed by atoms with Crippen LogP contribution in [0.2, 0.25) is 0 Å². The third kappa shape index (κ3) is 6.03. The van der Waals surface area contributed by atoms with E-state index in [0.29, 0.717) is 6.61 Å². The van der Waals surface area contributed by atoms with Crippen LogP contribution in [-0.2, 0) is 16.1 Å². The topological polar surface area (TPSA) is 61.4 Å². The molecule has 1 atom stereocenters.